The van der Waals surface area contributed by atoms with E-state index in [4.69, 9.17) is 0 Å². The zero-order valence-electron chi connectivity index (χ0n) is 9.74. The smallest absolute Gasteiger partial charge is 0.195 e. The summed E-state index contributed by atoms with van der Waals surface area (Å²) in [5, 5.41) is 16.4. The zero-order valence-corrected chi connectivity index (χ0v) is 9.74. The van der Waals surface area contributed by atoms with Gasteiger partial charge in [-0.05, 0) is 42.5 Å². The first kappa shape index (κ1) is 10.6. The number of hydrogen-bond acceptors (Lipinski definition) is 4. The van der Waals surface area contributed by atoms with Gasteiger partial charge in [0.15, 0.2) is 5.96 Å². The van der Waals surface area contributed by atoms with Gasteiger partial charge in [-0.1, -0.05) is 6.07 Å². The summed E-state index contributed by atoms with van der Waals surface area (Å²) in [5.41, 5.74) is 3.34. The fraction of sp³-hybridized carbons (Fsp3) is 0.462. The second kappa shape index (κ2) is 4.37. The Morgan fingerprint density at radius 1 is 1.41 bits per heavy atom. The van der Waals surface area contributed by atoms with Gasteiger partial charge in [0.05, 0.1) is 12.6 Å². The molecule has 4 heteroatoms. The molecule has 0 amide bonds. The highest BCUT2D eigenvalue weighted by Crippen LogP contribution is 2.31. The minimum atomic E-state index is -0.307. The lowest BCUT2D eigenvalue weighted by molar-refractivity contribution is 0.156. The van der Waals surface area contributed by atoms with Crippen LogP contribution in [0.4, 0.5) is 5.69 Å². The highest BCUT2D eigenvalue weighted by atomic mass is 16.3. The summed E-state index contributed by atoms with van der Waals surface area (Å²) in [6.07, 6.45) is 2.72. The van der Waals surface area contributed by atoms with Crippen molar-refractivity contribution in [2.45, 2.75) is 25.4 Å². The van der Waals surface area contributed by atoms with Gasteiger partial charge in [-0.25, -0.2) is 0 Å². The van der Waals surface area contributed by atoms with Crippen LogP contribution in [0.15, 0.2) is 23.2 Å². The van der Waals surface area contributed by atoms with E-state index in [0.717, 1.165) is 49.6 Å². The molecule has 0 bridgehead atoms. The summed E-state index contributed by atoms with van der Waals surface area (Å²) >= 11 is 0. The fourth-order valence-corrected chi connectivity index (χ4v) is 2.47. The van der Waals surface area contributed by atoms with E-state index in [-0.39, 0.29) is 6.10 Å². The highest BCUT2D eigenvalue weighted by Gasteiger charge is 2.18. The number of aliphatic hydroxyl groups excluding tert-OH is 1. The predicted octanol–water partition coefficient (Wildman–Crippen LogP) is 1.43. The Balaban J connectivity index is 1.84. The average Bonchev–Trinajstić information content (AvgIpc) is 2.83. The third kappa shape index (κ3) is 2.13. The molecule has 1 atom stereocenters. The molecule has 1 aromatic carbocycles. The molecule has 17 heavy (non-hydrogen) atoms. The number of guanidine groups is 1. The standard InChI is InChI=1S/C13H17N3O/c17-12-3-1-2-9-4-5-10(8-11(9)12)16-13-14-6-7-15-13/h4-5,8,12,17H,1-3,6-7H2,(H2,14,15,16). The molecule has 3 N–H and O–H groups in total. The van der Waals surface area contributed by atoms with E-state index in [1.807, 2.05) is 6.07 Å². The molecule has 90 valence electrons. The molecule has 4 nitrogen and oxygen atoms in total. The van der Waals surface area contributed by atoms with Gasteiger partial charge in [0.25, 0.3) is 0 Å². The highest BCUT2D eigenvalue weighted by molar-refractivity contribution is 5.94. The van der Waals surface area contributed by atoms with Crippen LogP contribution in [0.3, 0.4) is 0 Å². The maximum absolute atomic E-state index is 9.97. The molecular weight excluding hydrogens is 214 g/mol. The van der Waals surface area contributed by atoms with Crippen molar-refractivity contribution < 1.29 is 5.11 Å². The largest absolute Gasteiger partial charge is 0.388 e. The number of rotatable bonds is 1. The molecule has 1 aromatic rings. The SMILES string of the molecule is OC1CCCc2ccc(NC3=NCCN3)cc21. The molecule has 1 unspecified atom stereocenters. The van der Waals surface area contributed by atoms with Gasteiger partial charge >= 0.3 is 0 Å². The number of aliphatic imine (C=N–C) groups is 1. The van der Waals surface area contributed by atoms with Crippen LogP contribution in [0.1, 0.15) is 30.1 Å². The Kier molecular flexibility index (Phi) is 2.73. The summed E-state index contributed by atoms with van der Waals surface area (Å²) in [5.74, 6) is 0.829. The number of fused-ring (bicyclic) bond motifs is 1. The zero-order chi connectivity index (χ0) is 11.7. The van der Waals surface area contributed by atoms with E-state index in [0.29, 0.717) is 0 Å². The maximum Gasteiger partial charge on any atom is 0.195 e. The topological polar surface area (TPSA) is 56.6 Å². The lowest BCUT2D eigenvalue weighted by atomic mass is 9.89. The quantitative estimate of drug-likeness (QED) is 0.685. The molecule has 0 spiro atoms. The minimum absolute atomic E-state index is 0.307. The average molecular weight is 231 g/mol. The van der Waals surface area contributed by atoms with Crippen LogP contribution in [-0.4, -0.2) is 24.2 Å². The number of benzene rings is 1. The predicted molar refractivity (Wildman–Crippen MR) is 68.3 cm³/mol. The lowest BCUT2D eigenvalue weighted by Crippen LogP contribution is -2.26. The number of aryl methyl sites for hydroxylation is 1. The van der Waals surface area contributed by atoms with Crippen molar-refractivity contribution in [3.05, 3.63) is 29.3 Å². The van der Waals surface area contributed by atoms with Crippen LogP contribution < -0.4 is 10.6 Å². The van der Waals surface area contributed by atoms with E-state index in [1.54, 1.807) is 0 Å². The van der Waals surface area contributed by atoms with Gasteiger partial charge in [0.1, 0.15) is 0 Å². The Bertz CT molecular complexity index is 456. The minimum Gasteiger partial charge on any atom is -0.388 e. The number of aliphatic hydroxyl groups is 1. The van der Waals surface area contributed by atoms with Gasteiger partial charge in [-0.15, -0.1) is 0 Å². The van der Waals surface area contributed by atoms with E-state index < -0.39 is 0 Å². The number of hydrogen-bond donors (Lipinski definition) is 3. The van der Waals surface area contributed by atoms with Gasteiger partial charge in [0, 0.05) is 12.2 Å². The van der Waals surface area contributed by atoms with Crippen molar-refractivity contribution in [1.82, 2.24) is 5.32 Å². The Morgan fingerprint density at radius 3 is 3.18 bits per heavy atom. The second-order valence-electron chi connectivity index (χ2n) is 4.60. The van der Waals surface area contributed by atoms with Crippen LogP contribution >= 0.6 is 0 Å². The van der Waals surface area contributed by atoms with Crippen LogP contribution in [0.25, 0.3) is 0 Å². The molecular formula is C13H17N3O. The summed E-state index contributed by atoms with van der Waals surface area (Å²) in [4.78, 5) is 4.29. The summed E-state index contributed by atoms with van der Waals surface area (Å²) in [6.45, 7) is 1.73. The summed E-state index contributed by atoms with van der Waals surface area (Å²) in [6, 6.07) is 6.20. The van der Waals surface area contributed by atoms with E-state index in [9.17, 15) is 5.11 Å². The first-order valence-corrected chi connectivity index (χ1v) is 6.19. The van der Waals surface area contributed by atoms with Crippen molar-refractivity contribution in [1.29, 1.82) is 0 Å². The van der Waals surface area contributed by atoms with Crippen LogP contribution in [0, 0.1) is 0 Å². The molecule has 1 aliphatic carbocycles. The van der Waals surface area contributed by atoms with Gasteiger partial charge in [-0.2, -0.15) is 0 Å². The van der Waals surface area contributed by atoms with E-state index in [2.05, 4.69) is 27.8 Å². The van der Waals surface area contributed by atoms with Crippen LogP contribution in [-0.2, 0) is 6.42 Å². The molecule has 0 saturated heterocycles. The molecule has 0 saturated carbocycles. The van der Waals surface area contributed by atoms with Crippen molar-refractivity contribution >= 4 is 11.6 Å². The summed E-state index contributed by atoms with van der Waals surface area (Å²) in [7, 11) is 0. The molecule has 1 heterocycles. The Morgan fingerprint density at radius 2 is 2.35 bits per heavy atom. The fourth-order valence-electron chi connectivity index (χ4n) is 2.47. The van der Waals surface area contributed by atoms with Gasteiger partial charge in [-0.3, -0.25) is 4.99 Å². The van der Waals surface area contributed by atoms with Gasteiger partial charge < -0.3 is 15.7 Å². The van der Waals surface area contributed by atoms with E-state index in [1.165, 1.54) is 5.56 Å². The van der Waals surface area contributed by atoms with Crippen molar-refractivity contribution in [2.75, 3.05) is 18.4 Å². The molecule has 0 fully saturated rings. The van der Waals surface area contributed by atoms with Crippen molar-refractivity contribution in [2.24, 2.45) is 4.99 Å². The van der Waals surface area contributed by atoms with Gasteiger partial charge in [0.2, 0.25) is 0 Å². The lowest BCUT2D eigenvalue weighted by Gasteiger charge is -2.22. The third-order valence-electron chi connectivity index (χ3n) is 3.37. The van der Waals surface area contributed by atoms with Crippen molar-refractivity contribution in [3.63, 3.8) is 0 Å². The molecule has 3 rings (SSSR count). The number of nitrogens with one attached hydrogen (secondary N) is 2. The Labute approximate surface area is 101 Å². The van der Waals surface area contributed by atoms with Crippen LogP contribution in [0.5, 0.6) is 0 Å². The first-order valence-electron chi connectivity index (χ1n) is 6.19. The first-order chi connectivity index (χ1) is 8.33. The number of nitrogens with zero attached hydrogens (tertiary/aromatic N) is 1. The molecule has 1 aliphatic heterocycles. The molecule has 0 aromatic heterocycles. The maximum atomic E-state index is 9.97. The van der Waals surface area contributed by atoms with Crippen LogP contribution in [0.2, 0.25) is 0 Å². The second-order valence-corrected chi connectivity index (χ2v) is 4.60. The van der Waals surface area contributed by atoms with E-state index >= 15 is 0 Å². The third-order valence-corrected chi connectivity index (χ3v) is 3.37. The summed E-state index contributed by atoms with van der Waals surface area (Å²) < 4.78 is 0. The normalized spacial score (nSPS) is 22.6. The number of anilines is 1. The molecule has 2 aliphatic rings. The molecule has 0 radical (unpaired) electrons. The van der Waals surface area contributed by atoms with Crippen molar-refractivity contribution in [3.8, 4) is 0 Å². The monoisotopic (exact) mass is 231 g/mol. The Hall–Kier alpha value is -1.55.